The Kier molecular flexibility index (Phi) is 31.8. The van der Waals surface area contributed by atoms with Gasteiger partial charge in [-0.05, 0) is 0 Å². The van der Waals surface area contributed by atoms with Crippen molar-refractivity contribution in [3.63, 3.8) is 0 Å². The lowest BCUT2D eigenvalue weighted by Crippen LogP contribution is -2.17. The van der Waals surface area contributed by atoms with Crippen LogP contribution in [0.2, 0.25) is 0 Å². The maximum absolute atomic E-state index is 11.3. The number of aliphatic carboxylic acids is 2. The molecule has 0 spiro atoms. The number of carbonyl (C=O) groups is 4. The summed E-state index contributed by atoms with van der Waals surface area (Å²) in [7, 11) is 0. The van der Waals surface area contributed by atoms with Crippen LogP contribution in [0, 0.1) is 0 Å². The van der Waals surface area contributed by atoms with E-state index >= 15 is 0 Å². The lowest BCUT2D eigenvalue weighted by molar-refractivity contribution is -0.151. The second kappa shape index (κ2) is 33.6. The van der Waals surface area contributed by atoms with Gasteiger partial charge in [0.2, 0.25) is 5.78 Å². The van der Waals surface area contributed by atoms with E-state index in [1.165, 1.54) is 0 Å². The summed E-state index contributed by atoms with van der Waals surface area (Å²) in [6.45, 7) is 7.09. The Morgan fingerprint density at radius 2 is 0.636 bits per heavy atom. The summed E-state index contributed by atoms with van der Waals surface area (Å²) in [6, 6.07) is 0. The minimum absolute atomic E-state index is 0.00747. The zero-order chi connectivity index (χ0) is 32.4. The molecule has 0 rings (SSSR count). The van der Waals surface area contributed by atoms with Crippen LogP contribution in [0.5, 0.6) is 0 Å². The fourth-order valence-electron chi connectivity index (χ4n) is 2.75. The van der Waals surface area contributed by atoms with Gasteiger partial charge >= 0.3 is 17.9 Å². The van der Waals surface area contributed by atoms with Gasteiger partial charge in [0, 0.05) is 6.42 Å². The molecule has 0 radical (unpaired) electrons. The molecular weight excluding hydrogens is 596 g/mol. The van der Waals surface area contributed by atoms with E-state index in [1.807, 2.05) is 0 Å². The van der Waals surface area contributed by atoms with E-state index in [1.54, 1.807) is 0 Å². The number of Topliss-reactive ketones (excluding diaryl/α,β-unsaturated/α-hetero) is 1. The third-order valence-corrected chi connectivity index (χ3v) is 4.86. The maximum Gasteiger partial charge on any atom is 0.372 e. The first-order valence-electron chi connectivity index (χ1n) is 14.3. The Bertz CT molecular complexity index is 706. The summed E-state index contributed by atoms with van der Waals surface area (Å²) in [6.07, 6.45) is -0.670. The summed E-state index contributed by atoms with van der Waals surface area (Å²) in [5.74, 6) is -4.26. The van der Waals surface area contributed by atoms with E-state index in [-0.39, 0.29) is 32.8 Å². The van der Waals surface area contributed by atoms with Gasteiger partial charge in [-0.1, -0.05) is 0 Å². The highest BCUT2D eigenvalue weighted by Gasteiger charge is 2.14. The van der Waals surface area contributed by atoms with E-state index in [2.05, 4.69) is 0 Å². The van der Waals surface area contributed by atoms with Crippen LogP contribution in [0.25, 0.3) is 0 Å². The van der Waals surface area contributed by atoms with Gasteiger partial charge in [-0.2, -0.15) is 0 Å². The van der Waals surface area contributed by atoms with Crippen molar-refractivity contribution in [3.05, 3.63) is 0 Å². The minimum atomic E-state index is -1.57. The topological polar surface area (TPSA) is 210 Å². The predicted molar refractivity (Wildman–Crippen MR) is 149 cm³/mol. The van der Waals surface area contributed by atoms with Crippen LogP contribution in [-0.4, -0.2) is 173 Å². The standard InChI is InChI=1S/C27H48O17/c28-24(27(32)33)1-2-26(31)44-22-21-42-18-17-40-14-13-38-10-9-36-6-5-34-3-4-35-7-8-37-11-12-39-15-16-41-19-20-43-23-25(29)30/h1-23H2,(H,29,30)(H,32,33). The van der Waals surface area contributed by atoms with Crippen molar-refractivity contribution in [2.75, 3.05) is 139 Å². The number of rotatable bonds is 36. The van der Waals surface area contributed by atoms with Gasteiger partial charge in [-0.15, -0.1) is 0 Å². The Labute approximate surface area is 257 Å². The summed E-state index contributed by atoms with van der Waals surface area (Å²) < 4.78 is 57.8. The van der Waals surface area contributed by atoms with E-state index < -0.39 is 30.1 Å². The number of esters is 1. The zero-order valence-corrected chi connectivity index (χ0v) is 25.3. The molecule has 0 aromatic rings. The third-order valence-electron chi connectivity index (χ3n) is 4.86. The molecule has 17 heteroatoms. The number of carboxylic acids is 2. The molecule has 44 heavy (non-hydrogen) atoms. The van der Waals surface area contributed by atoms with Crippen LogP contribution in [0.3, 0.4) is 0 Å². The van der Waals surface area contributed by atoms with Crippen molar-refractivity contribution in [1.29, 1.82) is 0 Å². The largest absolute Gasteiger partial charge is 0.480 e. The monoisotopic (exact) mass is 644 g/mol. The smallest absolute Gasteiger partial charge is 0.372 e. The van der Waals surface area contributed by atoms with Gasteiger partial charge in [-0.3, -0.25) is 9.59 Å². The molecule has 2 N–H and O–H groups in total. The molecule has 0 saturated heterocycles. The fraction of sp³-hybridized carbons (Fsp3) is 0.852. The highest BCUT2D eigenvalue weighted by Crippen LogP contribution is 1.95. The summed E-state index contributed by atoms with van der Waals surface area (Å²) >= 11 is 0. The molecule has 0 atom stereocenters. The van der Waals surface area contributed by atoms with Crippen molar-refractivity contribution in [2.24, 2.45) is 0 Å². The molecule has 0 saturated carbocycles. The lowest BCUT2D eigenvalue weighted by atomic mass is 10.2. The van der Waals surface area contributed by atoms with Crippen molar-refractivity contribution >= 4 is 23.7 Å². The van der Waals surface area contributed by atoms with E-state index in [9.17, 15) is 19.2 Å². The fourth-order valence-corrected chi connectivity index (χ4v) is 2.75. The number of carboxylic acid groups (broad SMARTS) is 2. The van der Waals surface area contributed by atoms with E-state index in [4.69, 9.17) is 62.3 Å². The van der Waals surface area contributed by atoms with Crippen LogP contribution < -0.4 is 0 Å². The van der Waals surface area contributed by atoms with E-state index in [0.29, 0.717) is 112 Å². The predicted octanol–water partition coefficient (Wildman–Crippen LogP) is -0.786. The Morgan fingerprint density at radius 3 is 0.909 bits per heavy atom. The van der Waals surface area contributed by atoms with Gasteiger partial charge in [0.25, 0.3) is 0 Å². The first-order valence-corrected chi connectivity index (χ1v) is 14.3. The first kappa shape index (κ1) is 41.7. The molecular formula is C27H48O17. The molecule has 17 nitrogen and oxygen atoms in total. The van der Waals surface area contributed by atoms with Gasteiger partial charge in [0.15, 0.2) is 0 Å². The highest BCUT2D eigenvalue weighted by molar-refractivity contribution is 6.32. The third kappa shape index (κ3) is 34.2. The zero-order valence-electron chi connectivity index (χ0n) is 25.3. The summed E-state index contributed by atoms with van der Waals surface area (Å²) in [5.41, 5.74) is 0. The molecule has 0 heterocycles. The molecule has 0 aliphatic rings. The van der Waals surface area contributed by atoms with Gasteiger partial charge < -0.3 is 62.3 Å². The van der Waals surface area contributed by atoms with Crippen LogP contribution in [0.15, 0.2) is 0 Å². The summed E-state index contributed by atoms with van der Waals surface area (Å²) in [5, 5.41) is 16.8. The van der Waals surface area contributed by atoms with Crippen molar-refractivity contribution in [2.45, 2.75) is 12.8 Å². The Balaban J connectivity index is 3.13. The van der Waals surface area contributed by atoms with Crippen LogP contribution >= 0.6 is 0 Å². The molecule has 0 fully saturated rings. The van der Waals surface area contributed by atoms with Crippen molar-refractivity contribution < 1.29 is 81.5 Å². The number of hydrogen-bond donors (Lipinski definition) is 2. The average Bonchev–Trinajstić information content (AvgIpc) is 3.00. The number of ketones is 1. The molecule has 258 valence electrons. The van der Waals surface area contributed by atoms with Crippen LogP contribution in [0.1, 0.15) is 12.8 Å². The van der Waals surface area contributed by atoms with E-state index in [0.717, 1.165) is 0 Å². The number of carbonyl (C=O) groups excluding carboxylic acids is 2. The van der Waals surface area contributed by atoms with Crippen molar-refractivity contribution in [1.82, 2.24) is 0 Å². The maximum atomic E-state index is 11.3. The van der Waals surface area contributed by atoms with Gasteiger partial charge in [0.05, 0.1) is 132 Å². The first-order chi connectivity index (χ1) is 21.4. The van der Waals surface area contributed by atoms with Gasteiger partial charge in [-0.25, -0.2) is 9.59 Å². The second-order valence-corrected chi connectivity index (χ2v) is 8.41. The molecule has 0 aromatic carbocycles. The molecule has 0 unspecified atom stereocenters. The van der Waals surface area contributed by atoms with Crippen molar-refractivity contribution in [3.8, 4) is 0 Å². The lowest BCUT2D eigenvalue weighted by Gasteiger charge is -2.09. The molecule has 0 aliphatic heterocycles. The quantitative estimate of drug-likeness (QED) is 0.0486. The number of ether oxygens (including phenoxy) is 11. The van der Waals surface area contributed by atoms with Crippen LogP contribution in [-0.2, 0) is 71.3 Å². The second-order valence-electron chi connectivity index (χ2n) is 8.41. The average molecular weight is 645 g/mol. The normalized spacial score (nSPS) is 11.1. The van der Waals surface area contributed by atoms with Gasteiger partial charge in [0.1, 0.15) is 13.2 Å². The highest BCUT2D eigenvalue weighted by atomic mass is 16.6. The summed E-state index contributed by atoms with van der Waals surface area (Å²) in [4.78, 5) is 42.8. The molecule has 0 bridgehead atoms. The van der Waals surface area contributed by atoms with Crippen LogP contribution in [0.4, 0.5) is 0 Å². The SMILES string of the molecule is O=C(O)COCCOCCOCCOCCOCCOCCOCCOCCOCCOCCOC(=O)CCC(=O)C(=O)O. The molecule has 0 aliphatic carbocycles. The molecule has 0 aromatic heterocycles. The number of hydrogen-bond acceptors (Lipinski definition) is 15. The Hall–Kier alpha value is -2.32. The minimum Gasteiger partial charge on any atom is -0.480 e. The Morgan fingerprint density at radius 1 is 0.364 bits per heavy atom. The molecule has 0 amide bonds.